The molecule has 4 nitrogen and oxygen atoms in total. The molecule has 0 bridgehead atoms. The van der Waals surface area contributed by atoms with Crippen LogP contribution in [0.1, 0.15) is 103 Å². The third kappa shape index (κ3) is 10.0. The Morgan fingerprint density at radius 2 is 0.543 bits per heavy atom. The number of fused-ring (bicyclic) bond motifs is 12. The van der Waals surface area contributed by atoms with Crippen molar-refractivity contribution in [2.45, 2.75) is 103 Å². The average molecular weight is 1350 g/mol. The zero-order chi connectivity index (χ0) is 70.8. The minimum absolute atomic E-state index is 0.0842. The van der Waals surface area contributed by atoms with Gasteiger partial charge in [-0.05, 0) is 239 Å². The molecule has 16 aromatic rings. The number of para-hydroxylation sites is 2. The lowest BCUT2D eigenvalue weighted by atomic mass is 9.33. The zero-order valence-corrected chi connectivity index (χ0v) is 61.1. The minimum Gasteiger partial charge on any atom is -0.311 e. The quantitative estimate of drug-likeness (QED) is 0.134. The van der Waals surface area contributed by atoms with E-state index in [0.717, 1.165) is 56.6 Å². The Morgan fingerprint density at radius 1 is 0.229 bits per heavy atom. The highest BCUT2D eigenvalue weighted by molar-refractivity contribution is 7.00. The Balaban J connectivity index is 0.835. The summed E-state index contributed by atoms with van der Waals surface area (Å²) < 4.78 is 5.02. The van der Waals surface area contributed by atoms with Crippen molar-refractivity contribution >= 4 is 101 Å². The van der Waals surface area contributed by atoms with Crippen LogP contribution in [0, 0.1) is 0 Å². The number of rotatable bonds is 9. The zero-order valence-electron chi connectivity index (χ0n) is 61.1. The molecule has 2 aromatic heterocycles. The number of nitrogens with zero attached hydrogens (tertiary/aromatic N) is 4. The molecule has 4 heterocycles. The van der Waals surface area contributed by atoms with Crippen molar-refractivity contribution < 1.29 is 0 Å². The van der Waals surface area contributed by atoms with Gasteiger partial charge in [-0.3, -0.25) is 0 Å². The van der Waals surface area contributed by atoms with E-state index >= 15 is 0 Å². The van der Waals surface area contributed by atoms with E-state index in [1.54, 1.807) is 0 Å². The first kappa shape index (κ1) is 63.1. The number of anilines is 6. The predicted octanol–water partition coefficient (Wildman–Crippen LogP) is 25.0. The summed E-state index contributed by atoms with van der Waals surface area (Å²) in [5.74, 6) is 0. The van der Waals surface area contributed by atoms with Crippen molar-refractivity contribution in [3.05, 3.63) is 332 Å². The van der Waals surface area contributed by atoms with Gasteiger partial charge in [0.05, 0.1) is 22.1 Å². The fraction of sp³-hybridized carbons (Fsp3) is 0.160. The molecule has 0 radical (unpaired) electrons. The summed E-state index contributed by atoms with van der Waals surface area (Å²) in [6.45, 7) is 19.3. The molecule has 2 aliphatic heterocycles. The smallest absolute Gasteiger partial charge is 0.252 e. The van der Waals surface area contributed by atoms with Crippen molar-refractivity contribution in [3.63, 3.8) is 0 Å². The first-order valence-corrected chi connectivity index (χ1v) is 37.8. The molecular formula is C100H83BN4. The lowest BCUT2D eigenvalue weighted by Gasteiger charge is -2.44. The van der Waals surface area contributed by atoms with Gasteiger partial charge in [-0.25, -0.2) is 0 Å². The van der Waals surface area contributed by atoms with Gasteiger partial charge >= 0.3 is 0 Å². The van der Waals surface area contributed by atoms with E-state index in [2.05, 4.69) is 384 Å². The van der Waals surface area contributed by atoms with Crippen molar-refractivity contribution in [1.82, 2.24) is 9.13 Å². The summed E-state index contributed by atoms with van der Waals surface area (Å²) in [5, 5.41) is 4.92. The molecule has 0 saturated heterocycles. The van der Waals surface area contributed by atoms with Crippen LogP contribution in [0.4, 0.5) is 34.1 Å². The normalized spacial score (nSPS) is 15.7. The van der Waals surface area contributed by atoms with Crippen LogP contribution in [0.3, 0.4) is 0 Å². The highest BCUT2D eigenvalue weighted by Gasteiger charge is 2.45. The number of aromatic nitrogens is 2. The average Bonchev–Trinajstić information content (AvgIpc) is 1.25. The molecule has 0 unspecified atom stereocenters. The van der Waals surface area contributed by atoms with Crippen LogP contribution >= 0.6 is 0 Å². The highest BCUT2D eigenvalue weighted by atomic mass is 15.2. The van der Waals surface area contributed by atoms with Gasteiger partial charge in [-0.1, -0.05) is 268 Å². The Bertz CT molecular complexity index is 5850. The van der Waals surface area contributed by atoms with E-state index in [1.165, 1.54) is 152 Å². The van der Waals surface area contributed by atoms with Crippen LogP contribution < -0.4 is 26.2 Å². The molecule has 0 amide bonds. The lowest BCUT2D eigenvalue weighted by molar-refractivity contribution is 0.332. The fourth-order valence-electron chi connectivity index (χ4n) is 18.9. The Labute approximate surface area is 617 Å². The number of hydrogen-bond acceptors (Lipinski definition) is 2. The molecule has 0 atom stereocenters. The van der Waals surface area contributed by atoms with Crippen LogP contribution in [0.25, 0.3) is 111 Å². The second-order valence-corrected chi connectivity index (χ2v) is 32.9. The molecule has 0 N–H and O–H groups in total. The van der Waals surface area contributed by atoms with Gasteiger partial charge in [0.15, 0.2) is 0 Å². The van der Waals surface area contributed by atoms with Gasteiger partial charge in [0.25, 0.3) is 6.71 Å². The molecule has 20 rings (SSSR count). The third-order valence-corrected chi connectivity index (χ3v) is 24.8. The molecule has 2 aliphatic carbocycles. The molecule has 5 heteroatoms. The highest BCUT2D eigenvalue weighted by Crippen LogP contribution is 2.52. The fourth-order valence-corrected chi connectivity index (χ4v) is 18.9. The molecule has 0 fully saturated rings. The molecule has 14 aromatic carbocycles. The third-order valence-electron chi connectivity index (χ3n) is 24.8. The van der Waals surface area contributed by atoms with Crippen LogP contribution in [0.2, 0.25) is 0 Å². The second kappa shape index (κ2) is 23.4. The van der Waals surface area contributed by atoms with E-state index in [9.17, 15) is 0 Å². The van der Waals surface area contributed by atoms with E-state index < -0.39 is 0 Å². The van der Waals surface area contributed by atoms with Gasteiger partial charge in [0, 0.05) is 67.0 Å². The van der Waals surface area contributed by atoms with E-state index in [4.69, 9.17) is 0 Å². The summed E-state index contributed by atoms with van der Waals surface area (Å²) in [4.78, 5) is 5.23. The van der Waals surface area contributed by atoms with Crippen molar-refractivity contribution in [3.8, 4) is 67.0 Å². The number of benzene rings is 14. The SMILES string of the molecule is CC1(C)CCC(C)(C)c2cc(-c3ccc(N4c5cc(-n6c7ccccc7c7cc(-c8ccccc8)ccc76)ccc5B5c6ccc(-n7c8ccccc8c8cc(-c9ccccc9)ccc87)cc6N(c6ccc(-c7ccc8c(c7)C(C)(C)CCC8(C)C)cc6)c6cc(-c7ccccc7)cc4c65)cc3)ccc21. The molecule has 506 valence electrons. The maximum Gasteiger partial charge on any atom is 0.252 e. The minimum atomic E-state index is -0.164. The molecule has 0 saturated carbocycles. The van der Waals surface area contributed by atoms with Crippen molar-refractivity contribution in [1.29, 1.82) is 0 Å². The monoisotopic (exact) mass is 1350 g/mol. The Hall–Kier alpha value is -11.7. The summed E-state index contributed by atoms with van der Waals surface area (Å²) in [6, 6.07) is 118. The topological polar surface area (TPSA) is 16.3 Å². The van der Waals surface area contributed by atoms with Crippen LogP contribution in [0.15, 0.2) is 309 Å². The Kier molecular flexibility index (Phi) is 14.1. The summed E-state index contributed by atoms with van der Waals surface area (Å²) in [7, 11) is 0. The second-order valence-electron chi connectivity index (χ2n) is 32.9. The molecule has 105 heavy (non-hydrogen) atoms. The predicted molar refractivity (Wildman–Crippen MR) is 447 cm³/mol. The summed E-state index contributed by atoms with van der Waals surface area (Å²) in [6.07, 6.45) is 4.71. The molecular weight excluding hydrogens is 1270 g/mol. The standard InChI is InChI=1S/C100H83BN4/c1-97(2)52-54-99(5,6)84-58-71(36-46-82(84)97)67-32-40-74(41-33-67)102-92-62-76(104-88-30-20-18-28-78(88)80-56-69(38-50-90(80)104)64-22-12-9-13-23-64)44-48-86(92)101-87-49-45-77(105-89-31-21-19-29-79(89)81-57-70(39-51-91(81)105)65-24-14-10-15-25-65)63-93(87)103(95-61-73(60-94(102)96(95)101)66-26-16-11-17-27-66)75-42-34-68(35-43-75)72-37-47-83-85(59-72)100(7,8)55-53-98(83,3)4/h9-51,56-63H,52-55H2,1-8H3. The molecule has 0 spiro atoms. The summed E-state index contributed by atoms with van der Waals surface area (Å²) >= 11 is 0. The van der Waals surface area contributed by atoms with Gasteiger partial charge in [-0.15, -0.1) is 0 Å². The van der Waals surface area contributed by atoms with Crippen molar-refractivity contribution in [2.75, 3.05) is 9.80 Å². The largest absolute Gasteiger partial charge is 0.311 e. The van der Waals surface area contributed by atoms with E-state index in [0.29, 0.717) is 0 Å². The van der Waals surface area contributed by atoms with Crippen LogP contribution in [-0.2, 0) is 21.7 Å². The first-order chi connectivity index (χ1) is 51.0. The maximum absolute atomic E-state index is 2.62. The van der Waals surface area contributed by atoms with Gasteiger partial charge < -0.3 is 18.9 Å². The van der Waals surface area contributed by atoms with Crippen molar-refractivity contribution in [2.24, 2.45) is 0 Å². The molecule has 4 aliphatic rings. The van der Waals surface area contributed by atoms with Gasteiger partial charge in [0.2, 0.25) is 0 Å². The van der Waals surface area contributed by atoms with Gasteiger partial charge in [-0.2, -0.15) is 0 Å². The van der Waals surface area contributed by atoms with E-state index in [1.807, 2.05) is 0 Å². The first-order valence-electron chi connectivity index (χ1n) is 37.8. The van der Waals surface area contributed by atoms with E-state index in [-0.39, 0.29) is 28.4 Å². The summed E-state index contributed by atoms with van der Waals surface area (Å²) in [5.41, 5.74) is 35.9. The van der Waals surface area contributed by atoms with Crippen LogP contribution in [0.5, 0.6) is 0 Å². The number of hydrogen-bond donors (Lipinski definition) is 0. The van der Waals surface area contributed by atoms with Crippen LogP contribution in [-0.4, -0.2) is 15.8 Å². The van der Waals surface area contributed by atoms with Gasteiger partial charge in [0.1, 0.15) is 0 Å². The maximum atomic E-state index is 2.62. The lowest BCUT2D eigenvalue weighted by Crippen LogP contribution is -2.61. The Morgan fingerprint density at radius 3 is 0.952 bits per heavy atom.